The molecule has 3 nitrogen and oxygen atoms in total. The molecule has 0 saturated heterocycles. The van der Waals surface area contributed by atoms with E-state index in [1.807, 2.05) is 0 Å². The molecule has 1 heterocycles. The molecule has 0 aliphatic heterocycles. The number of ether oxygens (including phenoxy) is 1. The number of aromatic amines is 1. The van der Waals surface area contributed by atoms with E-state index in [0.29, 0.717) is 6.61 Å². The second kappa shape index (κ2) is 5.75. The summed E-state index contributed by atoms with van der Waals surface area (Å²) in [7, 11) is 0. The number of carbonyl (C=O) groups excluding carboxylic acids is 1. The van der Waals surface area contributed by atoms with Gasteiger partial charge in [0.15, 0.2) is 0 Å². The number of esters is 1. The molecule has 0 fully saturated rings. The molecule has 0 amide bonds. The summed E-state index contributed by atoms with van der Waals surface area (Å²) < 4.78 is 4.79. The van der Waals surface area contributed by atoms with E-state index in [2.05, 4.69) is 18.1 Å². The molecule has 0 atom stereocenters. The normalized spacial score (nSPS) is 10.3. The van der Waals surface area contributed by atoms with Crippen molar-refractivity contribution >= 4 is 24.2 Å². The van der Waals surface area contributed by atoms with Gasteiger partial charge in [0.05, 0.1) is 6.61 Å². The fraction of sp³-hybridized carbons (Fsp3) is 0.154. The summed E-state index contributed by atoms with van der Waals surface area (Å²) in [5.74, 6) is -0.348. The van der Waals surface area contributed by atoms with Crippen molar-refractivity contribution in [1.82, 2.24) is 4.98 Å². The van der Waals surface area contributed by atoms with E-state index in [1.54, 1.807) is 31.3 Å². The summed E-state index contributed by atoms with van der Waals surface area (Å²) in [4.78, 5) is 14.2. The lowest BCUT2D eigenvalue weighted by atomic mass is 10.1. The van der Waals surface area contributed by atoms with Gasteiger partial charge in [0, 0.05) is 23.5 Å². The molecule has 0 saturated carbocycles. The smallest absolute Gasteiger partial charge is 0.330 e. The van der Waals surface area contributed by atoms with Gasteiger partial charge in [0.1, 0.15) is 0 Å². The highest BCUT2D eigenvalue weighted by Crippen LogP contribution is 2.18. The molecule has 0 unspecified atom stereocenters. The van der Waals surface area contributed by atoms with E-state index in [4.69, 9.17) is 4.74 Å². The Labute approximate surface area is 95.1 Å². The lowest BCUT2D eigenvalue weighted by Crippen LogP contribution is -1.98. The SMILES string of the molecule is C=Cc1[nH]cc(/C=C\C(=O)OCC)c1C=C. The van der Waals surface area contributed by atoms with Gasteiger partial charge < -0.3 is 9.72 Å². The number of hydrogen-bond donors (Lipinski definition) is 1. The summed E-state index contributed by atoms with van der Waals surface area (Å²) in [5.41, 5.74) is 2.70. The van der Waals surface area contributed by atoms with E-state index in [-0.39, 0.29) is 5.97 Å². The molecule has 0 spiro atoms. The maximum Gasteiger partial charge on any atom is 0.330 e. The number of nitrogens with one attached hydrogen (secondary N) is 1. The molecule has 0 aliphatic rings. The fourth-order valence-corrected chi connectivity index (χ4v) is 1.35. The molecule has 0 bridgehead atoms. The van der Waals surface area contributed by atoms with Crippen LogP contribution in [0.3, 0.4) is 0 Å². The Morgan fingerprint density at radius 1 is 1.50 bits per heavy atom. The van der Waals surface area contributed by atoms with Crippen LogP contribution in [-0.2, 0) is 9.53 Å². The standard InChI is InChI=1S/C13H15NO2/c1-4-11-10(9-14-12(11)5-2)7-8-13(15)16-6-3/h4-5,7-9,14H,1-2,6H2,3H3/b8-7-. The second-order valence-corrected chi connectivity index (χ2v) is 3.06. The minimum Gasteiger partial charge on any atom is -0.463 e. The summed E-state index contributed by atoms with van der Waals surface area (Å²) >= 11 is 0. The predicted octanol–water partition coefficient (Wildman–Crippen LogP) is 2.88. The van der Waals surface area contributed by atoms with Gasteiger partial charge in [-0.05, 0) is 24.6 Å². The average Bonchev–Trinajstić information content (AvgIpc) is 2.68. The Hall–Kier alpha value is -2.03. The van der Waals surface area contributed by atoms with Crippen molar-refractivity contribution in [3.8, 4) is 0 Å². The number of hydrogen-bond acceptors (Lipinski definition) is 2. The molecular formula is C13H15NO2. The molecule has 0 aromatic carbocycles. The molecule has 84 valence electrons. The van der Waals surface area contributed by atoms with Gasteiger partial charge >= 0.3 is 5.97 Å². The molecular weight excluding hydrogens is 202 g/mol. The topological polar surface area (TPSA) is 42.1 Å². The van der Waals surface area contributed by atoms with E-state index in [1.165, 1.54) is 6.08 Å². The van der Waals surface area contributed by atoms with E-state index < -0.39 is 0 Å². The van der Waals surface area contributed by atoms with Crippen molar-refractivity contribution in [2.45, 2.75) is 6.92 Å². The summed E-state index contributed by atoms with van der Waals surface area (Å²) in [6.07, 6.45) is 8.31. The highest BCUT2D eigenvalue weighted by Gasteiger charge is 2.03. The van der Waals surface area contributed by atoms with Crippen LogP contribution in [0.25, 0.3) is 18.2 Å². The van der Waals surface area contributed by atoms with Crippen LogP contribution in [-0.4, -0.2) is 17.6 Å². The van der Waals surface area contributed by atoms with Crippen LogP contribution in [0.5, 0.6) is 0 Å². The molecule has 1 rings (SSSR count). The van der Waals surface area contributed by atoms with Gasteiger partial charge in [-0.15, -0.1) is 0 Å². The zero-order chi connectivity index (χ0) is 12.0. The first-order valence-electron chi connectivity index (χ1n) is 5.04. The zero-order valence-electron chi connectivity index (χ0n) is 9.32. The summed E-state index contributed by atoms with van der Waals surface area (Å²) in [6, 6.07) is 0. The third-order valence-electron chi connectivity index (χ3n) is 2.08. The summed E-state index contributed by atoms with van der Waals surface area (Å²) in [6.45, 7) is 9.55. The van der Waals surface area contributed by atoms with Gasteiger partial charge in [0.25, 0.3) is 0 Å². The zero-order valence-corrected chi connectivity index (χ0v) is 9.32. The quantitative estimate of drug-likeness (QED) is 0.608. The molecule has 1 aromatic heterocycles. The van der Waals surface area contributed by atoms with Crippen LogP contribution in [0.4, 0.5) is 0 Å². The minimum atomic E-state index is -0.348. The third-order valence-corrected chi connectivity index (χ3v) is 2.08. The third kappa shape index (κ3) is 2.73. The second-order valence-electron chi connectivity index (χ2n) is 3.06. The van der Waals surface area contributed by atoms with Crippen LogP contribution < -0.4 is 0 Å². The maximum absolute atomic E-state index is 11.1. The van der Waals surface area contributed by atoms with Gasteiger partial charge in [-0.3, -0.25) is 0 Å². The van der Waals surface area contributed by atoms with Crippen molar-refractivity contribution in [2.75, 3.05) is 6.61 Å². The van der Waals surface area contributed by atoms with Gasteiger partial charge in [-0.2, -0.15) is 0 Å². The van der Waals surface area contributed by atoms with Gasteiger partial charge in [0.2, 0.25) is 0 Å². The van der Waals surface area contributed by atoms with Crippen LogP contribution in [0.2, 0.25) is 0 Å². The Morgan fingerprint density at radius 3 is 2.81 bits per heavy atom. The molecule has 1 N–H and O–H groups in total. The molecule has 3 heteroatoms. The van der Waals surface area contributed by atoms with E-state index in [0.717, 1.165) is 16.8 Å². The first-order chi connectivity index (χ1) is 7.72. The monoisotopic (exact) mass is 217 g/mol. The maximum atomic E-state index is 11.1. The van der Waals surface area contributed by atoms with Crippen LogP contribution in [0.15, 0.2) is 25.4 Å². The number of aromatic nitrogens is 1. The largest absolute Gasteiger partial charge is 0.463 e. The number of rotatable bonds is 5. The Bertz CT molecular complexity index is 427. The minimum absolute atomic E-state index is 0.348. The Morgan fingerprint density at radius 2 is 2.25 bits per heavy atom. The fourth-order valence-electron chi connectivity index (χ4n) is 1.35. The highest BCUT2D eigenvalue weighted by molar-refractivity contribution is 5.88. The van der Waals surface area contributed by atoms with Crippen molar-refractivity contribution in [3.63, 3.8) is 0 Å². The molecule has 16 heavy (non-hydrogen) atoms. The predicted molar refractivity (Wildman–Crippen MR) is 66.6 cm³/mol. The Balaban J connectivity index is 2.88. The van der Waals surface area contributed by atoms with Gasteiger partial charge in [-0.1, -0.05) is 19.2 Å². The lowest BCUT2D eigenvalue weighted by molar-refractivity contribution is -0.137. The molecule has 0 radical (unpaired) electrons. The van der Waals surface area contributed by atoms with Crippen molar-refractivity contribution in [1.29, 1.82) is 0 Å². The number of H-pyrrole nitrogens is 1. The van der Waals surface area contributed by atoms with Crippen LogP contribution in [0.1, 0.15) is 23.7 Å². The lowest BCUT2D eigenvalue weighted by Gasteiger charge is -1.95. The highest BCUT2D eigenvalue weighted by atomic mass is 16.5. The van der Waals surface area contributed by atoms with Crippen LogP contribution >= 0.6 is 0 Å². The number of carbonyl (C=O) groups is 1. The molecule has 0 aliphatic carbocycles. The van der Waals surface area contributed by atoms with Crippen molar-refractivity contribution < 1.29 is 9.53 Å². The average molecular weight is 217 g/mol. The van der Waals surface area contributed by atoms with Gasteiger partial charge in [-0.25, -0.2) is 4.79 Å². The first kappa shape index (κ1) is 12.0. The Kier molecular flexibility index (Phi) is 4.33. The first-order valence-corrected chi connectivity index (χ1v) is 5.04. The van der Waals surface area contributed by atoms with Crippen molar-refractivity contribution in [3.05, 3.63) is 42.3 Å². The van der Waals surface area contributed by atoms with Crippen molar-refractivity contribution in [2.24, 2.45) is 0 Å². The van der Waals surface area contributed by atoms with E-state index >= 15 is 0 Å². The summed E-state index contributed by atoms with van der Waals surface area (Å²) in [5, 5.41) is 0. The van der Waals surface area contributed by atoms with E-state index in [9.17, 15) is 4.79 Å². The van der Waals surface area contributed by atoms with Crippen LogP contribution in [0, 0.1) is 0 Å². The molecule has 1 aromatic rings.